The van der Waals surface area contributed by atoms with Crippen LogP contribution < -0.4 is 9.64 Å². The minimum atomic E-state index is -0.543. The standard InChI is InChI=1S/C22H29N5O3/c1-6-8-13-25-20(28)18-19(24(5)22(25)29)23-21-26(14(3)15(4)27(18)21)16-11-9-10-12-17(16)30-7-2/h9-12,18-19H,6-8,13H2,1-5H3. The van der Waals surface area contributed by atoms with E-state index in [9.17, 15) is 9.59 Å². The molecule has 0 N–H and O–H groups in total. The molecule has 0 saturated carbocycles. The monoisotopic (exact) mass is 411 g/mol. The van der Waals surface area contributed by atoms with Gasteiger partial charge in [0, 0.05) is 25.0 Å². The number of carbonyl (C=O) groups excluding carboxylic acids is 2. The number of unbranched alkanes of at least 4 members (excludes halogenated alkanes) is 1. The van der Waals surface area contributed by atoms with Crippen LogP contribution in [0.25, 0.3) is 0 Å². The normalized spacial score (nSPS) is 23.3. The van der Waals surface area contributed by atoms with Crippen LogP contribution in [0.5, 0.6) is 5.75 Å². The van der Waals surface area contributed by atoms with Crippen LogP contribution in [0.1, 0.15) is 40.5 Å². The second-order valence-electron chi connectivity index (χ2n) is 7.80. The van der Waals surface area contributed by atoms with E-state index in [1.165, 1.54) is 4.90 Å². The van der Waals surface area contributed by atoms with Gasteiger partial charge in [-0.25, -0.2) is 9.79 Å². The maximum absolute atomic E-state index is 13.4. The maximum Gasteiger partial charge on any atom is 0.328 e. The van der Waals surface area contributed by atoms with Gasteiger partial charge in [0.15, 0.2) is 12.2 Å². The Bertz CT molecular complexity index is 940. The Labute approximate surface area is 177 Å². The minimum Gasteiger partial charge on any atom is -0.492 e. The van der Waals surface area contributed by atoms with Crippen molar-refractivity contribution in [2.75, 3.05) is 25.1 Å². The highest BCUT2D eigenvalue weighted by Crippen LogP contribution is 2.42. The van der Waals surface area contributed by atoms with Crippen molar-refractivity contribution in [2.24, 2.45) is 4.99 Å². The van der Waals surface area contributed by atoms with Gasteiger partial charge in [0.25, 0.3) is 5.91 Å². The summed E-state index contributed by atoms with van der Waals surface area (Å²) in [7, 11) is 1.72. The molecule has 8 nitrogen and oxygen atoms in total. The van der Waals surface area contributed by atoms with Crippen LogP contribution in [0.2, 0.25) is 0 Å². The Morgan fingerprint density at radius 2 is 1.83 bits per heavy atom. The predicted octanol–water partition coefficient (Wildman–Crippen LogP) is 3.22. The number of nitrogens with zero attached hydrogens (tertiary/aromatic N) is 5. The van der Waals surface area contributed by atoms with E-state index in [0.717, 1.165) is 35.7 Å². The maximum atomic E-state index is 13.4. The van der Waals surface area contributed by atoms with E-state index in [0.29, 0.717) is 19.1 Å². The Morgan fingerprint density at radius 1 is 1.10 bits per heavy atom. The molecule has 3 heterocycles. The van der Waals surface area contributed by atoms with Gasteiger partial charge in [-0.15, -0.1) is 0 Å². The van der Waals surface area contributed by atoms with Gasteiger partial charge in [-0.2, -0.15) is 0 Å². The molecule has 0 bridgehead atoms. The van der Waals surface area contributed by atoms with E-state index in [1.807, 2.05) is 61.8 Å². The minimum absolute atomic E-state index is 0.178. The number of aliphatic imine (C=N–C) groups is 1. The number of ether oxygens (including phenoxy) is 1. The summed E-state index contributed by atoms with van der Waals surface area (Å²) in [4.78, 5) is 38.0. The first-order valence-corrected chi connectivity index (χ1v) is 10.6. The number of imide groups is 1. The van der Waals surface area contributed by atoms with Crippen molar-refractivity contribution >= 4 is 23.6 Å². The molecule has 1 fully saturated rings. The lowest BCUT2D eigenvalue weighted by molar-refractivity contribution is -0.136. The van der Waals surface area contributed by atoms with Crippen molar-refractivity contribution in [3.63, 3.8) is 0 Å². The number of hydrogen-bond donors (Lipinski definition) is 0. The van der Waals surface area contributed by atoms with Crippen LogP contribution in [0.4, 0.5) is 10.5 Å². The molecule has 8 heteroatoms. The average molecular weight is 412 g/mol. The lowest BCUT2D eigenvalue weighted by Gasteiger charge is -2.40. The molecule has 1 aromatic rings. The first-order valence-electron chi connectivity index (χ1n) is 10.6. The van der Waals surface area contributed by atoms with Crippen LogP contribution in [-0.4, -0.2) is 65.0 Å². The molecule has 3 amide bonds. The highest BCUT2D eigenvalue weighted by molar-refractivity contribution is 6.11. The molecule has 0 aromatic heterocycles. The summed E-state index contributed by atoms with van der Waals surface area (Å²) in [6, 6.07) is 6.99. The van der Waals surface area contributed by atoms with Crippen molar-refractivity contribution in [2.45, 2.75) is 52.7 Å². The van der Waals surface area contributed by atoms with Gasteiger partial charge in [-0.1, -0.05) is 25.5 Å². The molecule has 1 saturated heterocycles. The number of rotatable bonds is 6. The van der Waals surface area contributed by atoms with Gasteiger partial charge in [0.1, 0.15) is 5.75 Å². The summed E-state index contributed by atoms with van der Waals surface area (Å²) in [5.74, 6) is 1.24. The summed E-state index contributed by atoms with van der Waals surface area (Å²) in [6.45, 7) is 9.00. The molecule has 0 spiro atoms. The Morgan fingerprint density at radius 3 is 2.53 bits per heavy atom. The van der Waals surface area contributed by atoms with E-state index in [-0.39, 0.29) is 11.9 Å². The zero-order valence-electron chi connectivity index (χ0n) is 18.3. The van der Waals surface area contributed by atoms with Crippen molar-refractivity contribution in [3.05, 3.63) is 35.7 Å². The number of urea groups is 1. The second kappa shape index (κ2) is 7.66. The van der Waals surface area contributed by atoms with Crippen molar-refractivity contribution in [1.82, 2.24) is 14.7 Å². The highest BCUT2D eigenvalue weighted by Gasteiger charge is 2.55. The number of likely N-dealkylation sites (N-methyl/N-ethyl adjacent to an activating group) is 1. The van der Waals surface area contributed by atoms with Gasteiger partial charge in [0.05, 0.1) is 12.3 Å². The zero-order chi connectivity index (χ0) is 21.6. The van der Waals surface area contributed by atoms with Gasteiger partial charge in [-0.3, -0.25) is 19.5 Å². The predicted molar refractivity (Wildman–Crippen MR) is 115 cm³/mol. The van der Waals surface area contributed by atoms with E-state index < -0.39 is 12.2 Å². The van der Waals surface area contributed by atoms with E-state index in [4.69, 9.17) is 9.73 Å². The fraction of sp³-hybridized carbons (Fsp3) is 0.500. The number of fused-ring (bicyclic) bond motifs is 3. The molecule has 0 radical (unpaired) electrons. The van der Waals surface area contributed by atoms with Crippen molar-refractivity contribution in [1.29, 1.82) is 0 Å². The third-order valence-electron chi connectivity index (χ3n) is 6.03. The van der Waals surface area contributed by atoms with E-state index >= 15 is 0 Å². The zero-order valence-corrected chi connectivity index (χ0v) is 18.3. The van der Waals surface area contributed by atoms with Crippen molar-refractivity contribution in [3.8, 4) is 5.75 Å². The van der Waals surface area contributed by atoms with Gasteiger partial charge in [0.2, 0.25) is 5.96 Å². The number of amides is 3. The van der Waals surface area contributed by atoms with Crippen molar-refractivity contribution < 1.29 is 14.3 Å². The summed E-state index contributed by atoms with van der Waals surface area (Å²) >= 11 is 0. The molecule has 3 aliphatic rings. The van der Waals surface area contributed by atoms with Crippen LogP contribution in [-0.2, 0) is 4.79 Å². The number of anilines is 1. The molecular formula is C22H29N5O3. The lowest BCUT2D eigenvalue weighted by atomic mass is 10.1. The van der Waals surface area contributed by atoms with Gasteiger partial charge < -0.3 is 9.64 Å². The van der Waals surface area contributed by atoms with Gasteiger partial charge in [-0.05, 0) is 39.3 Å². The summed E-state index contributed by atoms with van der Waals surface area (Å²) < 4.78 is 5.84. The molecular weight excluding hydrogens is 382 g/mol. The Kier molecular flexibility index (Phi) is 5.17. The molecule has 30 heavy (non-hydrogen) atoms. The molecule has 0 aliphatic carbocycles. The number of para-hydroxylation sites is 2. The Balaban J connectivity index is 1.75. The molecule has 160 valence electrons. The largest absolute Gasteiger partial charge is 0.492 e. The van der Waals surface area contributed by atoms with Crippen LogP contribution in [0.3, 0.4) is 0 Å². The lowest BCUT2D eigenvalue weighted by Crippen LogP contribution is -2.64. The van der Waals surface area contributed by atoms with Crippen LogP contribution in [0.15, 0.2) is 40.7 Å². The Hall–Kier alpha value is -3.03. The summed E-state index contributed by atoms with van der Waals surface area (Å²) in [5.41, 5.74) is 2.83. The number of carbonyl (C=O) groups is 2. The molecule has 4 rings (SSSR count). The first-order chi connectivity index (χ1) is 14.4. The number of allylic oxidation sites excluding steroid dienone is 2. The molecule has 2 unspecified atom stereocenters. The van der Waals surface area contributed by atoms with Crippen LogP contribution in [0, 0.1) is 0 Å². The number of guanidine groups is 1. The fourth-order valence-electron chi connectivity index (χ4n) is 4.34. The van der Waals surface area contributed by atoms with Gasteiger partial charge >= 0.3 is 6.03 Å². The third-order valence-corrected chi connectivity index (χ3v) is 6.03. The van der Waals surface area contributed by atoms with E-state index in [1.54, 1.807) is 11.9 Å². The molecule has 2 atom stereocenters. The van der Waals surface area contributed by atoms with E-state index in [2.05, 4.69) is 0 Å². The molecule has 1 aromatic carbocycles. The number of hydrogen-bond acceptors (Lipinski definition) is 6. The first kappa shape index (κ1) is 20.3. The third kappa shape index (κ3) is 2.85. The fourth-order valence-corrected chi connectivity index (χ4v) is 4.34. The topological polar surface area (TPSA) is 68.7 Å². The quantitative estimate of drug-likeness (QED) is 0.719. The smallest absolute Gasteiger partial charge is 0.328 e. The summed E-state index contributed by atoms with van der Waals surface area (Å²) in [5, 5.41) is 0. The van der Waals surface area contributed by atoms with Crippen LogP contribution >= 0.6 is 0 Å². The highest BCUT2D eigenvalue weighted by atomic mass is 16.5. The second-order valence-corrected chi connectivity index (χ2v) is 7.80. The number of benzene rings is 1. The average Bonchev–Trinajstić information content (AvgIpc) is 3.23. The SMILES string of the molecule is CCCCN1C(=O)C2C(N=C3N(c4ccccc4OCC)C(C)=C(C)N32)N(C)C1=O. The molecule has 3 aliphatic heterocycles. The summed E-state index contributed by atoms with van der Waals surface area (Å²) in [6.07, 6.45) is 1.17.